The molecule has 4 nitrogen and oxygen atoms in total. The summed E-state index contributed by atoms with van der Waals surface area (Å²) in [5.41, 5.74) is 7.97. The average molecular weight is 362 g/mol. The molecule has 0 atom stereocenters. The van der Waals surface area contributed by atoms with Crippen molar-refractivity contribution in [3.05, 3.63) is 29.8 Å². The minimum absolute atomic E-state index is 0. The number of hydrogen-bond donors (Lipinski definition) is 1. The smallest absolute Gasteiger partial charge is 0.230 e. The lowest BCUT2D eigenvalue weighted by Crippen LogP contribution is -2.48. The SMILES string of the molecule is CCC(CC)(CN)C(=O)N1CCN(C)c2ccccc2C1.Cl.Cl. The van der Waals surface area contributed by atoms with Gasteiger partial charge in [-0.25, -0.2) is 0 Å². The molecule has 0 aliphatic carbocycles. The largest absolute Gasteiger partial charge is 0.373 e. The number of likely N-dealkylation sites (N-methyl/N-ethyl adjacent to an activating group) is 1. The van der Waals surface area contributed by atoms with Gasteiger partial charge >= 0.3 is 0 Å². The van der Waals surface area contributed by atoms with Crippen LogP contribution in [0, 0.1) is 5.41 Å². The molecule has 1 aliphatic heterocycles. The maximum atomic E-state index is 13.0. The van der Waals surface area contributed by atoms with Gasteiger partial charge in [-0.1, -0.05) is 32.0 Å². The third-order valence-corrected chi connectivity index (χ3v) is 4.95. The number of nitrogens with two attached hydrogens (primary N) is 1. The Morgan fingerprint density at radius 2 is 1.78 bits per heavy atom. The van der Waals surface area contributed by atoms with Crippen LogP contribution < -0.4 is 10.6 Å². The topological polar surface area (TPSA) is 49.6 Å². The minimum Gasteiger partial charge on any atom is -0.373 e. The first kappa shape index (κ1) is 22.0. The van der Waals surface area contributed by atoms with Gasteiger partial charge in [-0.15, -0.1) is 24.8 Å². The summed E-state index contributed by atoms with van der Waals surface area (Å²) in [6.07, 6.45) is 1.60. The molecule has 1 amide bonds. The number of fused-ring (bicyclic) bond motifs is 1. The Morgan fingerprint density at radius 1 is 1.17 bits per heavy atom. The van der Waals surface area contributed by atoms with E-state index in [1.807, 2.05) is 11.0 Å². The second-order valence-electron chi connectivity index (χ2n) is 5.97. The van der Waals surface area contributed by atoms with Crippen molar-refractivity contribution in [3.8, 4) is 0 Å². The van der Waals surface area contributed by atoms with Crippen molar-refractivity contribution < 1.29 is 4.79 Å². The highest BCUT2D eigenvalue weighted by Gasteiger charge is 2.37. The number of carbonyl (C=O) groups is 1. The second-order valence-corrected chi connectivity index (χ2v) is 5.97. The van der Waals surface area contributed by atoms with Gasteiger partial charge in [-0.05, 0) is 24.5 Å². The molecule has 0 bridgehead atoms. The summed E-state index contributed by atoms with van der Waals surface area (Å²) in [5, 5.41) is 0. The lowest BCUT2D eigenvalue weighted by molar-refractivity contribution is -0.142. The molecule has 1 aliphatic rings. The zero-order valence-electron chi connectivity index (χ0n) is 14.2. The molecular formula is C17H29Cl2N3O. The van der Waals surface area contributed by atoms with E-state index in [-0.39, 0.29) is 30.7 Å². The van der Waals surface area contributed by atoms with Crippen LogP contribution in [0.1, 0.15) is 32.3 Å². The Labute approximate surface area is 152 Å². The summed E-state index contributed by atoms with van der Waals surface area (Å²) in [6, 6.07) is 8.32. The molecule has 0 saturated carbocycles. The number of para-hydroxylation sites is 1. The van der Waals surface area contributed by atoms with Crippen LogP contribution in [-0.2, 0) is 11.3 Å². The monoisotopic (exact) mass is 361 g/mol. The van der Waals surface area contributed by atoms with Gasteiger partial charge in [0.15, 0.2) is 0 Å². The highest BCUT2D eigenvalue weighted by atomic mass is 35.5. The first-order valence-electron chi connectivity index (χ1n) is 7.86. The van der Waals surface area contributed by atoms with Gasteiger partial charge in [0.25, 0.3) is 0 Å². The second kappa shape index (κ2) is 9.36. The molecule has 0 spiro atoms. The van der Waals surface area contributed by atoms with Crippen LogP contribution in [0.5, 0.6) is 0 Å². The number of rotatable bonds is 4. The summed E-state index contributed by atoms with van der Waals surface area (Å²) < 4.78 is 0. The fourth-order valence-corrected chi connectivity index (χ4v) is 3.13. The van der Waals surface area contributed by atoms with Crippen molar-refractivity contribution in [2.24, 2.45) is 11.1 Å². The van der Waals surface area contributed by atoms with E-state index < -0.39 is 5.41 Å². The van der Waals surface area contributed by atoms with Crippen LogP contribution in [-0.4, -0.2) is 37.5 Å². The lowest BCUT2D eigenvalue weighted by Gasteiger charge is -2.34. The molecule has 0 saturated heterocycles. The molecular weight excluding hydrogens is 333 g/mol. The summed E-state index contributed by atoms with van der Waals surface area (Å²) in [6.45, 7) is 6.84. The van der Waals surface area contributed by atoms with Crippen molar-refractivity contribution in [2.75, 3.05) is 31.6 Å². The first-order valence-corrected chi connectivity index (χ1v) is 7.86. The molecule has 132 valence electrons. The lowest BCUT2D eigenvalue weighted by atomic mass is 9.81. The summed E-state index contributed by atoms with van der Waals surface area (Å²) >= 11 is 0. The van der Waals surface area contributed by atoms with Gasteiger partial charge in [0.1, 0.15) is 0 Å². The Balaban J connectivity index is 0.00000242. The van der Waals surface area contributed by atoms with E-state index in [4.69, 9.17) is 5.73 Å². The highest BCUT2D eigenvalue weighted by molar-refractivity contribution is 5.85. The van der Waals surface area contributed by atoms with Gasteiger partial charge in [0.2, 0.25) is 5.91 Å². The zero-order chi connectivity index (χ0) is 15.5. The molecule has 1 aromatic rings. The number of halogens is 2. The number of amides is 1. The van der Waals surface area contributed by atoms with E-state index in [2.05, 4.69) is 44.0 Å². The number of benzene rings is 1. The van der Waals surface area contributed by atoms with Gasteiger partial charge in [0, 0.05) is 38.9 Å². The molecule has 1 aromatic carbocycles. The van der Waals surface area contributed by atoms with Crippen LogP contribution >= 0.6 is 24.8 Å². The van der Waals surface area contributed by atoms with Crippen molar-refractivity contribution in [2.45, 2.75) is 33.2 Å². The van der Waals surface area contributed by atoms with Crippen LogP contribution in [0.4, 0.5) is 5.69 Å². The third kappa shape index (κ3) is 4.31. The predicted octanol–water partition coefficient (Wildman–Crippen LogP) is 3.07. The van der Waals surface area contributed by atoms with Gasteiger partial charge in [0.05, 0.1) is 5.41 Å². The van der Waals surface area contributed by atoms with E-state index in [9.17, 15) is 4.79 Å². The number of carbonyl (C=O) groups excluding carboxylic acids is 1. The maximum Gasteiger partial charge on any atom is 0.230 e. The molecule has 2 N–H and O–H groups in total. The first-order chi connectivity index (χ1) is 10.1. The summed E-state index contributed by atoms with van der Waals surface area (Å²) in [4.78, 5) is 17.2. The molecule has 23 heavy (non-hydrogen) atoms. The quantitative estimate of drug-likeness (QED) is 0.896. The highest BCUT2D eigenvalue weighted by Crippen LogP contribution is 2.31. The van der Waals surface area contributed by atoms with E-state index in [1.54, 1.807) is 0 Å². The summed E-state index contributed by atoms with van der Waals surface area (Å²) in [5.74, 6) is 0.208. The fourth-order valence-electron chi connectivity index (χ4n) is 3.13. The number of hydrogen-bond acceptors (Lipinski definition) is 3. The van der Waals surface area contributed by atoms with E-state index in [1.165, 1.54) is 11.3 Å². The van der Waals surface area contributed by atoms with Crippen molar-refractivity contribution in [1.29, 1.82) is 0 Å². The summed E-state index contributed by atoms with van der Waals surface area (Å²) in [7, 11) is 2.09. The fraction of sp³-hybridized carbons (Fsp3) is 0.588. The maximum absolute atomic E-state index is 13.0. The molecule has 0 unspecified atom stereocenters. The molecule has 1 heterocycles. The normalized spacial score (nSPS) is 14.3. The Hall–Kier alpha value is -0.970. The number of nitrogens with zero attached hydrogens (tertiary/aromatic N) is 2. The molecule has 6 heteroatoms. The predicted molar refractivity (Wildman–Crippen MR) is 102 cm³/mol. The Bertz CT molecular complexity index is 498. The number of anilines is 1. The van der Waals surface area contributed by atoms with E-state index in [0.717, 1.165) is 25.9 Å². The molecule has 2 rings (SSSR count). The van der Waals surface area contributed by atoms with E-state index in [0.29, 0.717) is 13.1 Å². The Morgan fingerprint density at radius 3 is 2.35 bits per heavy atom. The standard InChI is InChI=1S/C17H27N3O.2ClH/c1-4-17(5-2,13-18)16(21)20-11-10-19(3)15-9-7-6-8-14(15)12-20;;/h6-9H,4-5,10-13,18H2,1-3H3;2*1H. The van der Waals surface area contributed by atoms with E-state index >= 15 is 0 Å². The van der Waals surface area contributed by atoms with Crippen molar-refractivity contribution in [3.63, 3.8) is 0 Å². The minimum atomic E-state index is -0.405. The van der Waals surface area contributed by atoms with Crippen LogP contribution in [0.15, 0.2) is 24.3 Å². The van der Waals surface area contributed by atoms with Crippen LogP contribution in [0.25, 0.3) is 0 Å². The van der Waals surface area contributed by atoms with Crippen LogP contribution in [0.3, 0.4) is 0 Å². The van der Waals surface area contributed by atoms with Crippen molar-refractivity contribution in [1.82, 2.24) is 4.90 Å². The zero-order valence-corrected chi connectivity index (χ0v) is 15.9. The van der Waals surface area contributed by atoms with Gasteiger partial charge in [-0.3, -0.25) is 4.79 Å². The van der Waals surface area contributed by atoms with Gasteiger partial charge in [-0.2, -0.15) is 0 Å². The van der Waals surface area contributed by atoms with Gasteiger partial charge < -0.3 is 15.5 Å². The molecule has 0 radical (unpaired) electrons. The van der Waals surface area contributed by atoms with Crippen molar-refractivity contribution >= 4 is 36.4 Å². The molecule has 0 aromatic heterocycles. The average Bonchev–Trinajstić information content (AvgIpc) is 2.69. The third-order valence-electron chi connectivity index (χ3n) is 4.95. The molecule has 0 fully saturated rings. The Kier molecular flexibility index (Phi) is 8.96. The van der Waals surface area contributed by atoms with Crippen LogP contribution in [0.2, 0.25) is 0 Å².